The molecule has 2 aromatic heterocycles. The average Bonchev–Trinajstić information content (AvgIpc) is 2.75. The highest BCUT2D eigenvalue weighted by molar-refractivity contribution is 9.10. The minimum atomic E-state index is -0.168. The highest BCUT2D eigenvalue weighted by Gasteiger charge is 2.07. The van der Waals surface area contributed by atoms with Gasteiger partial charge >= 0.3 is 0 Å². The molecule has 0 unspecified atom stereocenters. The molecule has 3 N–H and O–H groups in total. The summed E-state index contributed by atoms with van der Waals surface area (Å²) in [4.78, 5) is 25.6. The summed E-state index contributed by atoms with van der Waals surface area (Å²) in [6.45, 7) is 3.84. The van der Waals surface area contributed by atoms with E-state index in [9.17, 15) is 4.79 Å². The van der Waals surface area contributed by atoms with Crippen LogP contribution in [0.5, 0.6) is 0 Å². The molecule has 0 atom stereocenters. The van der Waals surface area contributed by atoms with E-state index in [1.807, 2.05) is 68.4 Å². The van der Waals surface area contributed by atoms with E-state index in [1.54, 1.807) is 18.3 Å². The number of nitrogens with zero attached hydrogens (tertiary/aromatic N) is 3. The maximum Gasteiger partial charge on any atom is 0.255 e. The second kappa shape index (κ2) is 9.57. The summed E-state index contributed by atoms with van der Waals surface area (Å²) in [5, 5.41) is 9.38. The van der Waals surface area contributed by atoms with Crippen LogP contribution in [0.4, 0.5) is 28.8 Å². The van der Waals surface area contributed by atoms with E-state index in [0.29, 0.717) is 28.7 Å². The van der Waals surface area contributed by atoms with Crippen molar-refractivity contribution < 1.29 is 4.79 Å². The molecule has 0 aliphatic carbocycles. The summed E-state index contributed by atoms with van der Waals surface area (Å²) in [6.07, 6.45) is 1.75. The number of halogens is 1. The van der Waals surface area contributed by atoms with E-state index in [0.717, 1.165) is 21.5 Å². The zero-order valence-corrected chi connectivity index (χ0v) is 19.1. The van der Waals surface area contributed by atoms with Gasteiger partial charge in [-0.3, -0.25) is 4.79 Å². The lowest BCUT2D eigenvalue weighted by molar-refractivity contribution is 0.102. The Balaban J connectivity index is 1.44. The Bertz CT molecular complexity index is 1260. The van der Waals surface area contributed by atoms with Gasteiger partial charge in [0.25, 0.3) is 5.91 Å². The van der Waals surface area contributed by atoms with Gasteiger partial charge in [-0.2, -0.15) is 0 Å². The molecule has 7 nitrogen and oxygen atoms in total. The smallest absolute Gasteiger partial charge is 0.255 e. The number of hydrogen-bond acceptors (Lipinski definition) is 6. The molecule has 1 amide bonds. The Morgan fingerprint density at radius 1 is 0.812 bits per heavy atom. The van der Waals surface area contributed by atoms with Gasteiger partial charge in [-0.05, 0) is 74.0 Å². The first-order chi connectivity index (χ1) is 15.4. The fourth-order valence-electron chi connectivity index (χ4n) is 3.05. The molecule has 8 heteroatoms. The molecule has 0 saturated heterocycles. The topological polar surface area (TPSA) is 91.8 Å². The predicted molar refractivity (Wildman–Crippen MR) is 131 cm³/mol. The summed E-state index contributed by atoms with van der Waals surface area (Å²) in [7, 11) is 0. The van der Waals surface area contributed by atoms with Crippen molar-refractivity contribution in [3.8, 4) is 0 Å². The lowest BCUT2D eigenvalue weighted by Gasteiger charge is -2.11. The van der Waals surface area contributed by atoms with Gasteiger partial charge in [0, 0.05) is 33.7 Å². The Labute approximate surface area is 194 Å². The number of nitrogens with one attached hydrogen (secondary N) is 3. The standard InChI is InChI=1S/C24H21BrN6O/c1-15-10-11-26-21(12-15)31-23-14-22(27-16(2)28-23)29-19-6-8-20(9-7-19)30-24(32)17-4-3-5-18(25)13-17/h3-14H,1-2H3,(H,30,32)(H2,26,27,28,29,31). The molecule has 4 rings (SSSR count). The third-order valence-electron chi connectivity index (χ3n) is 4.51. The number of aryl methyl sites for hydroxylation is 2. The van der Waals surface area contributed by atoms with Crippen LogP contribution in [-0.4, -0.2) is 20.9 Å². The van der Waals surface area contributed by atoms with Crippen LogP contribution in [0.1, 0.15) is 21.7 Å². The first kappa shape index (κ1) is 21.5. The Morgan fingerprint density at radius 3 is 2.25 bits per heavy atom. The van der Waals surface area contributed by atoms with E-state index < -0.39 is 0 Å². The number of amides is 1. The van der Waals surface area contributed by atoms with Crippen molar-refractivity contribution in [3.05, 3.63) is 94.4 Å². The van der Waals surface area contributed by atoms with Gasteiger partial charge < -0.3 is 16.0 Å². The van der Waals surface area contributed by atoms with Crippen molar-refractivity contribution in [2.75, 3.05) is 16.0 Å². The monoisotopic (exact) mass is 488 g/mol. The SMILES string of the molecule is Cc1ccnc(Nc2cc(Nc3ccc(NC(=O)c4cccc(Br)c4)cc3)nc(C)n2)c1. The fraction of sp³-hybridized carbons (Fsp3) is 0.0833. The van der Waals surface area contributed by atoms with Gasteiger partial charge in [-0.25, -0.2) is 15.0 Å². The highest BCUT2D eigenvalue weighted by Crippen LogP contribution is 2.22. The Morgan fingerprint density at radius 2 is 1.53 bits per heavy atom. The molecule has 0 saturated carbocycles. The molecule has 32 heavy (non-hydrogen) atoms. The average molecular weight is 489 g/mol. The van der Waals surface area contributed by atoms with Crippen LogP contribution in [0, 0.1) is 13.8 Å². The van der Waals surface area contributed by atoms with Crippen LogP contribution in [0.25, 0.3) is 0 Å². The number of anilines is 5. The highest BCUT2D eigenvalue weighted by atomic mass is 79.9. The fourth-order valence-corrected chi connectivity index (χ4v) is 3.45. The van der Waals surface area contributed by atoms with Gasteiger partial charge in [0.05, 0.1) is 0 Å². The number of hydrogen-bond donors (Lipinski definition) is 3. The van der Waals surface area contributed by atoms with Crippen LogP contribution < -0.4 is 16.0 Å². The third kappa shape index (κ3) is 5.67. The minimum absolute atomic E-state index is 0.168. The summed E-state index contributed by atoms with van der Waals surface area (Å²) < 4.78 is 0.858. The van der Waals surface area contributed by atoms with E-state index in [1.165, 1.54) is 0 Å². The third-order valence-corrected chi connectivity index (χ3v) is 5.00. The normalized spacial score (nSPS) is 10.5. The van der Waals surface area contributed by atoms with Crippen LogP contribution in [0.15, 0.2) is 77.4 Å². The predicted octanol–water partition coefficient (Wildman–Crippen LogP) is 5.99. The number of pyridine rings is 1. The zero-order chi connectivity index (χ0) is 22.5. The van der Waals surface area contributed by atoms with Crippen LogP contribution in [0.2, 0.25) is 0 Å². The molecule has 2 aromatic carbocycles. The first-order valence-corrected chi connectivity index (χ1v) is 10.7. The second-order valence-electron chi connectivity index (χ2n) is 7.20. The van der Waals surface area contributed by atoms with E-state index in [-0.39, 0.29) is 5.91 Å². The maximum absolute atomic E-state index is 12.4. The van der Waals surface area contributed by atoms with Gasteiger partial charge in [-0.15, -0.1) is 0 Å². The number of rotatable bonds is 6. The number of aromatic nitrogens is 3. The van der Waals surface area contributed by atoms with Gasteiger partial charge in [0.15, 0.2) is 0 Å². The number of carbonyl (C=O) groups excluding carboxylic acids is 1. The first-order valence-electron chi connectivity index (χ1n) is 9.94. The zero-order valence-electron chi connectivity index (χ0n) is 17.6. The molecule has 0 aliphatic rings. The minimum Gasteiger partial charge on any atom is -0.340 e. The van der Waals surface area contributed by atoms with Crippen molar-refractivity contribution >= 4 is 50.7 Å². The quantitative estimate of drug-likeness (QED) is 0.308. The summed E-state index contributed by atoms with van der Waals surface area (Å²) in [6, 6.07) is 20.4. The van der Waals surface area contributed by atoms with Crippen molar-refractivity contribution in [1.82, 2.24) is 15.0 Å². The molecule has 0 spiro atoms. The number of benzene rings is 2. The molecule has 0 bridgehead atoms. The van der Waals surface area contributed by atoms with Crippen molar-refractivity contribution in [2.24, 2.45) is 0 Å². The van der Waals surface area contributed by atoms with Gasteiger partial charge in [0.1, 0.15) is 23.3 Å². The van der Waals surface area contributed by atoms with Crippen LogP contribution >= 0.6 is 15.9 Å². The molecular formula is C24H21BrN6O. The van der Waals surface area contributed by atoms with Crippen LogP contribution in [-0.2, 0) is 0 Å². The molecule has 0 fully saturated rings. The summed E-state index contributed by atoms with van der Waals surface area (Å²) in [5.74, 6) is 2.48. The molecule has 160 valence electrons. The van der Waals surface area contributed by atoms with E-state index >= 15 is 0 Å². The van der Waals surface area contributed by atoms with Crippen molar-refractivity contribution in [1.29, 1.82) is 0 Å². The van der Waals surface area contributed by atoms with Crippen LogP contribution in [0.3, 0.4) is 0 Å². The second-order valence-corrected chi connectivity index (χ2v) is 8.11. The van der Waals surface area contributed by atoms with E-state index in [4.69, 9.17) is 0 Å². The molecular weight excluding hydrogens is 468 g/mol. The van der Waals surface area contributed by atoms with Gasteiger partial charge in [0.2, 0.25) is 0 Å². The largest absolute Gasteiger partial charge is 0.340 e. The summed E-state index contributed by atoms with van der Waals surface area (Å²) >= 11 is 3.38. The molecule has 0 radical (unpaired) electrons. The Kier molecular flexibility index (Phi) is 6.42. The van der Waals surface area contributed by atoms with Gasteiger partial charge in [-0.1, -0.05) is 22.0 Å². The lowest BCUT2D eigenvalue weighted by atomic mass is 10.2. The maximum atomic E-state index is 12.4. The van der Waals surface area contributed by atoms with Crippen molar-refractivity contribution in [2.45, 2.75) is 13.8 Å². The Hall–Kier alpha value is -3.78. The number of carbonyl (C=O) groups is 1. The van der Waals surface area contributed by atoms with E-state index in [2.05, 4.69) is 46.8 Å². The van der Waals surface area contributed by atoms with Crippen molar-refractivity contribution in [3.63, 3.8) is 0 Å². The molecule has 2 heterocycles. The summed E-state index contributed by atoms with van der Waals surface area (Å²) in [5.41, 5.74) is 3.23. The molecule has 4 aromatic rings. The lowest BCUT2D eigenvalue weighted by Crippen LogP contribution is -2.11. The molecule has 0 aliphatic heterocycles.